The molecule has 0 saturated carbocycles. The molecule has 1 aromatic carbocycles. The first kappa shape index (κ1) is 11.8. The van der Waals surface area contributed by atoms with E-state index in [0.717, 1.165) is 28.4 Å². The van der Waals surface area contributed by atoms with Crippen molar-refractivity contribution in [3.63, 3.8) is 0 Å². The van der Waals surface area contributed by atoms with Crippen molar-refractivity contribution in [1.29, 1.82) is 0 Å². The van der Waals surface area contributed by atoms with E-state index in [-0.39, 0.29) is 0 Å². The van der Waals surface area contributed by atoms with Crippen LogP contribution in [0.15, 0.2) is 48.7 Å². The fourth-order valence-corrected chi connectivity index (χ4v) is 2.21. The molecule has 0 unspecified atom stereocenters. The Hall–Kier alpha value is -2.29. The van der Waals surface area contributed by atoms with Crippen LogP contribution in [0.2, 0.25) is 0 Å². The number of ether oxygens (including phenoxy) is 1. The molecule has 0 bridgehead atoms. The minimum atomic E-state index is 0.688. The van der Waals surface area contributed by atoms with Crippen LogP contribution in [0.5, 0.6) is 5.75 Å². The Morgan fingerprint density at radius 2 is 1.89 bits per heavy atom. The van der Waals surface area contributed by atoms with Crippen LogP contribution in [0.1, 0.15) is 6.92 Å². The molecule has 96 valence electrons. The number of hydrogen-bond donors (Lipinski definition) is 0. The van der Waals surface area contributed by atoms with E-state index < -0.39 is 0 Å². The van der Waals surface area contributed by atoms with E-state index in [4.69, 9.17) is 4.74 Å². The van der Waals surface area contributed by atoms with Crippen LogP contribution in [0.4, 0.5) is 0 Å². The Balaban J connectivity index is 2.00. The third-order valence-corrected chi connectivity index (χ3v) is 3.16. The van der Waals surface area contributed by atoms with Gasteiger partial charge in [-0.25, -0.2) is 4.98 Å². The van der Waals surface area contributed by atoms with Gasteiger partial charge in [-0.1, -0.05) is 0 Å². The third-order valence-electron chi connectivity index (χ3n) is 3.16. The zero-order valence-electron chi connectivity index (χ0n) is 11.1. The Bertz CT molecular complexity index is 655. The molecule has 1 aromatic rings. The molecule has 0 saturated heterocycles. The van der Waals surface area contributed by atoms with Gasteiger partial charge in [0.1, 0.15) is 11.6 Å². The molecule has 3 nitrogen and oxygen atoms in total. The van der Waals surface area contributed by atoms with Crippen LogP contribution in [-0.4, -0.2) is 16.2 Å². The highest BCUT2D eigenvalue weighted by Crippen LogP contribution is 2.29. The predicted octanol–water partition coefficient (Wildman–Crippen LogP) is 3.59. The third kappa shape index (κ3) is 2.19. The predicted molar refractivity (Wildman–Crippen MR) is 76.4 cm³/mol. The Kier molecular flexibility index (Phi) is 2.95. The quantitative estimate of drug-likeness (QED) is 0.712. The van der Waals surface area contributed by atoms with Gasteiger partial charge in [0.25, 0.3) is 0 Å². The van der Waals surface area contributed by atoms with Crippen molar-refractivity contribution >= 4 is 0 Å². The number of aryl methyl sites for hydroxylation is 1. The van der Waals surface area contributed by atoms with Gasteiger partial charge in [-0.15, -0.1) is 0 Å². The Labute approximate surface area is 112 Å². The summed E-state index contributed by atoms with van der Waals surface area (Å²) < 4.78 is 7.49. The zero-order valence-corrected chi connectivity index (χ0v) is 11.1. The molecule has 0 amide bonds. The number of fused-ring (bicyclic) bond motifs is 1. The molecule has 0 fully saturated rings. The number of nitrogens with zero attached hydrogens (tertiary/aromatic N) is 2. The van der Waals surface area contributed by atoms with E-state index in [9.17, 15) is 0 Å². The zero-order chi connectivity index (χ0) is 13.2. The van der Waals surface area contributed by atoms with Gasteiger partial charge in [-0.05, 0) is 49.4 Å². The van der Waals surface area contributed by atoms with E-state index >= 15 is 0 Å². The average molecular weight is 252 g/mol. The van der Waals surface area contributed by atoms with Crippen molar-refractivity contribution < 1.29 is 4.74 Å². The number of rotatable bonds is 3. The summed E-state index contributed by atoms with van der Waals surface area (Å²) in [5.41, 5.74) is 3.27. The summed E-state index contributed by atoms with van der Waals surface area (Å²) in [4.78, 5) is 4.68. The number of aromatic nitrogens is 2. The van der Waals surface area contributed by atoms with Gasteiger partial charge in [0, 0.05) is 24.4 Å². The van der Waals surface area contributed by atoms with Crippen molar-refractivity contribution in [3.8, 4) is 28.4 Å². The van der Waals surface area contributed by atoms with Crippen molar-refractivity contribution in [2.45, 2.75) is 6.92 Å². The molecule has 0 radical (unpaired) electrons. The lowest BCUT2D eigenvalue weighted by molar-refractivity contribution is 0.340. The molecule has 0 aromatic heterocycles. The van der Waals surface area contributed by atoms with Crippen LogP contribution in [-0.2, 0) is 7.05 Å². The van der Waals surface area contributed by atoms with Crippen LogP contribution in [0.3, 0.4) is 0 Å². The monoisotopic (exact) mass is 252 g/mol. The summed E-state index contributed by atoms with van der Waals surface area (Å²) in [6.07, 6.45) is 2.01. The molecule has 0 spiro atoms. The van der Waals surface area contributed by atoms with E-state index in [2.05, 4.69) is 17.1 Å². The highest BCUT2D eigenvalue weighted by Gasteiger charge is 2.11. The molecule has 0 atom stereocenters. The minimum absolute atomic E-state index is 0.688. The van der Waals surface area contributed by atoms with Crippen molar-refractivity contribution in [3.05, 3.63) is 48.7 Å². The molecular weight excluding hydrogens is 236 g/mol. The fraction of sp³-hybridized carbons (Fsp3) is 0.188. The van der Waals surface area contributed by atoms with Crippen LogP contribution >= 0.6 is 0 Å². The fourth-order valence-electron chi connectivity index (χ4n) is 2.21. The molecule has 2 aliphatic heterocycles. The van der Waals surface area contributed by atoms with Gasteiger partial charge < -0.3 is 9.30 Å². The summed E-state index contributed by atoms with van der Waals surface area (Å²) in [5, 5.41) is 0. The molecule has 19 heavy (non-hydrogen) atoms. The molecule has 2 aliphatic rings. The highest BCUT2D eigenvalue weighted by atomic mass is 16.5. The lowest BCUT2D eigenvalue weighted by Crippen LogP contribution is -1.95. The van der Waals surface area contributed by atoms with Gasteiger partial charge in [0.2, 0.25) is 0 Å². The molecule has 0 N–H and O–H groups in total. The SMILES string of the molecule is CCOc1ccc(-c2cc3cccn(C)c-3n2)cc1. The highest BCUT2D eigenvalue weighted by molar-refractivity contribution is 5.71. The smallest absolute Gasteiger partial charge is 0.140 e. The van der Waals surface area contributed by atoms with Crippen molar-refractivity contribution in [1.82, 2.24) is 9.55 Å². The average Bonchev–Trinajstić information content (AvgIpc) is 2.85. The summed E-state index contributed by atoms with van der Waals surface area (Å²) >= 11 is 0. The summed E-state index contributed by atoms with van der Waals surface area (Å²) in [5.74, 6) is 1.90. The molecule has 0 aliphatic carbocycles. The molecule has 3 heteroatoms. The topological polar surface area (TPSA) is 27.1 Å². The number of benzene rings is 1. The van der Waals surface area contributed by atoms with Crippen LogP contribution in [0.25, 0.3) is 22.6 Å². The first-order chi connectivity index (χ1) is 9.28. The number of pyridine rings is 1. The molecule has 2 heterocycles. The van der Waals surface area contributed by atoms with Crippen molar-refractivity contribution in [2.24, 2.45) is 7.05 Å². The normalized spacial score (nSPS) is 10.8. The van der Waals surface area contributed by atoms with Gasteiger partial charge in [0.05, 0.1) is 12.3 Å². The molecule has 3 rings (SSSR count). The second-order valence-electron chi connectivity index (χ2n) is 4.50. The lowest BCUT2D eigenvalue weighted by Gasteiger charge is -2.03. The largest absolute Gasteiger partial charge is 0.494 e. The Morgan fingerprint density at radius 1 is 1.11 bits per heavy atom. The standard InChI is InChI=1S/C16H16N2O/c1-3-19-14-8-6-12(7-9-14)15-11-13-5-4-10-18(2)16(13)17-15/h4-11H,3H2,1-2H3. The van der Waals surface area contributed by atoms with E-state index in [1.54, 1.807) is 0 Å². The summed E-state index contributed by atoms with van der Waals surface area (Å²) in [6.45, 7) is 2.67. The van der Waals surface area contributed by atoms with E-state index in [1.165, 1.54) is 0 Å². The van der Waals surface area contributed by atoms with Crippen LogP contribution < -0.4 is 4.74 Å². The number of hydrogen-bond acceptors (Lipinski definition) is 2. The second-order valence-corrected chi connectivity index (χ2v) is 4.50. The summed E-state index contributed by atoms with van der Waals surface area (Å²) in [6, 6.07) is 14.3. The molecular formula is C16H16N2O. The van der Waals surface area contributed by atoms with E-state index in [0.29, 0.717) is 6.61 Å². The van der Waals surface area contributed by atoms with E-state index in [1.807, 2.05) is 55.1 Å². The Morgan fingerprint density at radius 3 is 2.58 bits per heavy atom. The first-order valence-electron chi connectivity index (χ1n) is 6.43. The summed E-state index contributed by atoms with van der Waals surface area (Å²) in [7, 11) is 2.01. The maximum Gasteiger partial charge on any atom is 0.140 e. The van der Waals surface area contributed by atoms with Gasteiger partial charge in [0.15, 0.2) is 0 Å². The second kappa shape index (κ2) is 4.76. The maximum absolute atomic E-state index is 5.45. The van der Waals surface area contributed by atoms with Gasteiger partial charge in [-0.2, -0.15) is 0 Å². The van der Waals surface area contributed by atoms with Crippen molar-refractivity contribution in [2.75, 3.05) is 6.61 Å². The van der Waals surface area contributed by atoms with Gasteiger partial charge >= 0.3 is 0 Å². The minimum Gasteiger partial charge on any atom is -0.494 e. The lowest BCUT2D eigenvalue weighted by atomic mass is 10.1. The maximum atomic E-state index is 5.45. The van der Waals surface area contributed by atoms with Gasteiger partial charge in [-0.3, -0.25) is 0 Å². The van der Waals surface area contributed by atoms with Crippen LogP contribution in [0, 0.1) is 0 Å². The first-order valence-corrected chi connectivity index (χ1v) is 6.43.